The Morgan fingerprint density at radius 3 is 2.52 bits per heavy atom. The molecule has 1 aliphatic heterocycles. The van der Waals surface area contributed by atoms with Gasteiger partial charge < -0.3 is 4.74 Å². The molecule has 0 bridgehead atoms. The number of ether oxygens (including phenoxy) is 1. The fourth-order valence-electron chi connectivity index (χ4n) is 3.91. The predicted molar refractivity (Wildman–Crippen MR) is 114 cm³/mol. The van der Waals surface area contributed by atoms with E-state index >= 15 is 0 Å². The van der Waals surface area contributed by atoms with E-state index in [1.54, 1.807) is 25.5 Å². The van der Waals surface area contributed by atoms with Crippen LogP contribution in [-0.2, 0) is 27.7 Å². The molecule has 3 aromatic rings. The summed E-state index contributed by atoms with van der Waals surface area (Å²) in [4.78, 5) is 12.8. The number of sulfonamides is 1. The van der Waals surface area contributed by atoms with Crippen molar-refractivity contribution in [2.75, 3.05) is 13.2 Å². The molecule has 164 valence electrons. The van der Waals surface area contributed by atoms with Crippen molar-refractivity contribution in [2.24, 2.45) is 0 Å². The molecule has 0 aliphatic carbocycles. The lowest BCUT2D eigenvalue weighted by molar-refractivity contribution is 0.0517. The number of aromatic amines is 1. The van der Waals surface area contributed by atoms with Gasteiger partial charge >= 0.3 is 5.97 Å². The molecule has 10 heteroatoms. The van der Waals surface area contributed by atoms with Gasteiger partial charge in [0.2, 0.25) is 10.0 Å². The molecule has 0 saturated heterocycles. The summed E-state index contributed by atoms with van der Waals surface area (Å²) >= 11 is 0. The summed E-state index contributed by atoms with van der Waals surface area (Å²) in [6.07, 6.45) is 0.421. The van der Waals surface area contributed by atoms with Gasteiger partial charge in [0.25, 0.3) is 0 Å². The van der Waals surface area contributed by atoms with Crippen molar-refractivity contribution in [1.29, 1.82) is 0 Å². The third kappa shape index (κ3) is 3.66. The molecule has 0 amide bonds. The Morgan fingerprint density at radius 1 is 1.19 bits per heavy atom. The lowest BCUT2D eigenvalue weighted by Crippen LogP contribution is -2.37. The van der Waals surface area contributed by atoms with E-state index < -0.39 is 16.0 Å². The topological polar surface area (TPSA) is 110 Å². The molecule has 0 atom stereocenters. The molecule has 31 heavy (non-hydrogen) atoms. The molecule has 0 spiro atoms. The maximum absolute atomic E-state index is 13.3. The van der Waals surface area contributed by atoms with E-state index in [1.165, 1.54) is 4.31 Å². The third-order valence-corrected chi connectivity index (χ3v) is 7.54. The minimum absolute atomic E-state index is 0.0434. The maximum Gasteiger partial charge on any atom is 0.359 e. The summed E-state index contributed by atoms with van der Waals surface area (Å²) in [5, 5.41) is 11.3. The number of aryl methyl sites for hydroxylation is 3. The summed E-state index contributed by atoms with van der Waals surface area (Å²) < 4.78 is 35.0. The predicted octanol–water partition coefficient (Wildman–Crippen LogP) is 2.44. The van der Waals surface area contributed by atoms with Gasteiger partial charge in [-0.2, -0.15) is 14.5 Å². The monoisotopic (exact) mass is 443 g/mol. The van der Waals surface area contributed by atoms with Crippen molar-refractivity contribution >= 4 is 16.0 Å². The smallest absolute Gasteiger partial charge is 0.359 e. The van der Waals surface area contributed by atoms with Crippen molar-refractivity contribution in [2.45, 2.75) is 45.6 Å². The highest BCUT2D eigenvalue weighted by molar-refractivity contribution is 7.89. The lowest BCUT2D eigenvalue weighted by atomic mass is 10.1. The highest BCUT2D eigenvalue weighted by atomic mass is 32.2. The van der Waals surface area contributed by atoms with Gasteiger partial charge in [-0.1, -0.05) is 17.7 Å². The Morgan fingerprint density at radius 2 is 1.90 bits per heavy atom. The van der Waals surface area contributed by atoms with Crippen LogP contribution in [0.1, 0.15) is 45.6 Å². The number of rotatable bonds is 5. The van der Waals surface area contributed by atoms with Crippen LogP contribution >= 0.6 is 0 Å². The van der Waals surface area contributed by atoms with E-state index in [9.17, 15) is 13.2 Å². The van der Waals surface area contributed by atoms with Crippen molar-refractivity contribution in [3.05, 3.63) is 58.2 Å². The van der Waals surface area contributed by atoms with Crippen LogP contribution < -0.4 is 0 Å². The van der Waals surface area contributed by atoms with Crippen LogP contribution in [0, 0.1) is 20.8 Å². The van der Waals surface area contributed by atoms with Gasteiger partial charge in [-0.15, -0.1) is 0 Å². The quantitative estimate of drug-likeness (QED) is 0.607. The average Bonchev–Trinajstić information content (AvgIpc) is 3.28. The number of nitrogens with zero attached hydrogens (tertiary/aromatic N) is 4. The number of hydrogen-bond acceptors (Lipinski definition) is 6. The lowest BCUT2D eigenvalue weighted by Gasteiger charge is -2.27. The number of benzene rings is 1. The molecule has 1 aliphatic rings. The summed E-state index contributed by atoms with van der Waals surface area (Å²) in [6, 6.07) is 7.80. The number of fused-ring (bicyclic) bond motifs is 1. The van der Waals surface area contributed by atoms with Gasteiger partial charge in [0.05, 0.1) is 29.4 Å². The number of hydrogen-bond donors (Lipinski definition) is 1. The second-order valence-electron chi connectivity index (χ2n) is 7.59. The molecule has 0 unspecified atom stereocenters. The standard InChI is InChI=1S/C21H25N5O4S/c1-5-30-21(27)19-17-12-25(31(28,29)20-14(3)22-23-15(20)4)11-10-18(17)26(24-19)16-8-6-13(2)7-9-16/h6-9H,5,10-12H2,1-4H3,(H,22,23). The van der Waals surface area contributed by atoms with Gasteiger partial charge in [-0.3, -0.25) is 5.10 Å². The SMILES string of the molecule is CCOC(=O)c1nn(-c2ccc(C)cc2)c2c1CN(S(=O)(=O)c1c(C)n[nH]c1C)CC2. The van der Waals surface area contributed by atoms with E-state index in [1.807, 2.05) is 31.2 Å². The maximum atomic E-state index is 13.3. The first kappa shape index (κ1) is 21.3. The average molecular weight is 444 g/mol. The first-order valence-electron chi connectivity index (χ1n) is 10.1. The van der Waals surface area contributed by atoms with Crippen LogP contribution in [0.5, 0.6) is 0 Å². The van der Waals surface area contributed by atoms with Gasteiger partial charge in [-0.25, -0.2) is 17.9 Å². The molecule has 4 rings (SSSR count). The van der Waals surface area contributed by atoms with Crippen LogP contribution in [-0.4, -0.2) is 51.8 Å². The first-order chi connectivity index (χ1) is 14.7. The molecular formula is C21H25N5O4S. The van der Waals surface area contributed by atoms with Crippen LogP contribution in [0.3, 0.4) is 0 Å². The number of carbonyl (C=O) groups is 1. The minimum Gasteiger partial charge on any atom is -0.461 e. The fraction of sp³-hybridized carbons (Fsp3) is 0.381. The summed E-state index contributed by atoms with van der Waals surface area (Å²) in [5.41, 5.74) is 4.38. The summed E-state index contributed by atoms with van der Waals surface area (Å²) in [7, 11) is -3.79. The highest BCUT2D eigenvalue weighted by Crippen LogP contribution is 2.31. The van der Waals surface area contributed by atoms with Crippen LogP contribution in [0.15, 0.2) is 29.2 Å². The third-order valence-electron chi connectivity index (χ3n) is 5.43. The Kier molecular flexibility index (Phi) is 5.44. The van der Waals surface area contributed by atoms with Gasteiger partial charge in [-0.05, 0) is 39.8 Å². The second kappa shape index (κ2) is 7.93. The van der Waals surface area contributed by atoms with Gasteiger partial charge in [0, 0.05) is 25.1 Å². The zero-order chi connectivity index (χ0) is 22.3. The first-order valence-corrected chi connectivity index (χ1v) is 11.5. The molecule has 1 N–H and O–H groups in total. The van der Waals surface area contributed by atoms with Crippen molar-refractivity contribution in [3.8, 4) is 5.69 Å². The number of aromatic nitrogens is 4. The van der Waals surface area contributed by atoms with E-state index in [0.29, 0.717) is 23.4 Å². The number of nitrogens with one attached hydrogen (secondary N) is 1. The number of esters is 1. The van der Waals surface area contributed by atoms with E-state index in [0.717, 1.165) is 16.9 Å². The second-order valence-corrected chi connectivity index (χ2v) is 9.47. The largest absolute Gasteiger partial charge is 0.461 e. The Hall–Kier alpha value is -2.98. The molecule has 9 nitrogen and oxygen atoms in total. The van der Waals surface area contributed by atoms with E-state index in [2.05, 4.69) is 15.3 Å². The normalized spacial score (nSPS) is 14.5. The van der Waals surface area contributed by atoms with Crippen LogP contribution in [0.4, 0.5) is 0 Å². The minimum atomic E-state index is -3.79. The molecule has 0 saturated carbocycles. The molecule has 2 aromatic heterocycles. The van der Waals surface area contributed by atoms with E-state index in [4.69, 9.17) is 4.74 Å². The molecule has 0 radical (unpaired) electrons. The number of H-pyrrole nitrogens is 1. The highest BCUT2D eigenvalue weighted by Gasteiger charge is 2.36. The van der Waals surface area contributed by atoms with Crippen molar-refractivity contribution in [3.63, 3.8) is 0 Å². The molecular weight excluding hydrogens is 418 g/mol. The Labute approximate surface area is 181 Å². The molecule has 3 heterocycles. The molecule has 1 aromatic carbocycles. The molecule has 0 fully saturated rings. The van der Waals surface area contributed by atoms with Crippen molar-refractivity contribution in [1.82, 2.24) is 24.3 Å². The zero-order valence-corrected chi connectivity index (χ0v) is 18.8. The van der Waals surface area contributed by atoms with E-state index in [-0.39, 0.29) is 30.3 Å². The van der Waals surface area contributed by atoms with Crippen LogP contribution in [0.2, 0.25) is 0 Å². The summed E-state index contributed by atoms with van der Waals surface area (Å²) in [6.45, 7) is 7.59. The van der Waals surface area contributed by atoms with Crippen molar-refractivity contribution < 1.29 is 17.9 Å². The van der Waals surface area contributed by atoms with Crippen LogP contribution in [0.25, 0.3) is 5.69 Å². The van der Waals surface area contributed by atoms with Gasteiger partial charge in [0.1, 0.15) is 4.90 Å². The Bertz CT molecular complexity index is 1220. The Balaban J connectivity index is 1.79. The summed E-state index contributed by atoms with van der Waals surface area (Å²) in [5.74, 6) is -0.556. The van der Waals surface area contributed by atoms with Gasteiger partial charge in [0.15, 0.2) is 5.69 Å². The zero-order valence-electron chi connectivity index (χ0n) is 18.0. The number of carbonyl (C=O) groups excluding carboxylic acids is 1. The fourth-order valence-corrected chi connectivity index (χ4v) is 5.65.